The van der Waals surface area contributed by atoms with E-state index >= 15 is 0 Å². The molecule has 0 aliphatic heterocycles. The lowest BCUT2D eigenvalue weighted by Crippen LogP contribution is -2.19. The van der Waals surface area contributed by atoms with Gasteiger partial charge >= 0.3 is 0 Å². The van der Waals surface area contributed by atoms with Crippen molar-refractivity contribution >= 4 is 0 Å². The first-order chi connectivity index (χ1) is 8.69. The van der Waals surface area contributed by atoms with Crippen molar-refractivity contribution < 1.29 is 13.5 Å². The monoisotopic (exact) mass is 249 g/mol. The highest BCUT2D eigenvalue weighted by Gasteiger charge is 2.14. The third kappa shape index (κ3) is 3.11. The van der Waals surface area contributed by atoms with Crippen molar-refractivity contribution in [3.05, 3.63) is 53.7 Å². The van der Waals surface area contributed by atoms with Gasteiger partial charge in [0.15, 0.2) is 0 Å². The Balaban J connectivity index is 1.99. The molecule has 18 heavy (non-hydrogen) atoms. The summed E-state index contributed by atoms with van der Waals surface area (Å²) < 4.78 is 24.0. The largest absolute Gasteiger partial charge is 0.493 e. The SMILES string of the molecule is Cc1ccc(C(CN)COc2cccc(F)c2)o1. The van der Waals surface area contributed by atoms with Crippen LogP contribution in [0.5, 0.6) is 5.75 Å². The van der Waals surface area contributed by atoms with Crippen LogP contribution < -0.4 is 10.5 Å². The van der Waals surface area contributed by atoms with Gasteiger partial charge in [-0.1, -0.05) is 6.07 Å². The summed E-state index contributed by atoms with van der Waals surface area (Å²) in [6.07, 6.45) is 0. The van der Waals surface area contributed by atoms with Crippen LogP contribution in [0.15, 0.2) is 40.8 Å². The molecule has 1 heterocycles. The van der Waals surface area contributed by atoms with Crippen LogP contribution in [0.25, 0.3) is 0 Å². The summed E-state index contributed by atoms with van der Waals surface area (Å²) in [6, 6.07) is 9.83. The first kappa shape index (κ1) is 12.6. The highest BCUT2D eigenvalue weighted by atomic mass is 19.1. The molecule has 0 aliphatic rings. The maximum atomic E-state index is 13.0. The molecule has 0 bridgehead atoms. The summed E-state index contributed by atoms with van der Waals surface area (Å²) in [5.41, 5.74) is 5.69. The summed E-state index contributed by atoms with van der Waals surface area (Å²) in [4.78, 5) is 0. The molecule has 2 rings (SSSR count). The Hall–Kier alpha value is -1.81. The minimum absolute atomic E-state index is 0.0260. The van der Waals surface area contributed by atoms with E-state index in [1.54, 1.807) is 12.1 Å². The lowest BCUT2D eigenvalue weighted by molar-refractivity contribution is 0.270. The molecule has 4 heteroatoms. The Bertz CT molecular complexity index is 510. The minimum atomic E-state index is -0.314. The zero-order valence-corrected chi connectivity index (χ0v) is 10.2. The quantitative estimate of drug-likeness (QED) is 0.886. The van der Waals surface area contributed by atoms with E-state index in [4.69, 9.17) is 14.9 Å². The van der Waals surface area contributed by atoms with Gasteiger partial charge in [-0.3, -0.25) is 0 Å². The number of benzene rings is 1. The third-order valence-corrected chi connectivity index (χ3v) is 2.70. The van der Waals surface area contributed by atoms with Gasteiger partial charge in [0.25, 0.3) is 0 Å². The van der Waals surface area contributed by atoms with Crippen LogP contribution in [-0.2, 0) is 0 Å². The molecule has 0 saturated heterocycles. The highest BCUT2D eigenvalue weighted by molar-refractivity contribution is 5.22. The predicted molar refractivity (Wildman–Crippen MR) is 67.1 cm³/mol. The van der Waals surface area contributed by atoms with E-state index in [0.717, 1.165) is 11.5 Å². The topological polar surface area (TPSA) is 48.4 Å². The number of halogens is 1. The summed E-state index contributed by atoms with van der Waals surface area (Å²) in [6.45, 7) is 2.67. The molecular formula is C14H16FNO2. The number of furan rings is 1. The molecule has 2 aromatic rings. The lowest BCUT2D eigenvalue weighted by Gasteiger charge is -2.13. The van der Waals surface area contributed by atoms with Crippen LogP contribution in [0.4, 0.5) is 4.39 Å². The van der Waals surface area contributed by atoms with Gasteiger partial charge in [0.2, 0.25) is 0 Å². The van der Waals surface area contributed by atoms with E-state index < -0.39 is 0 Å². The fourth-order valence-electron chi connectivity index (χ4n) is 1.69. The van der Waals surface area contributed by atoms with Crippen LogP contribution in [0, 0.1) is 12.7 Å². The molecule has 1 aromatic carbocycles. The maximum Gasteiger partial charge on any atom is 0.126 e. The molecule has 0 spiro atoms. The normalized spacial score (nSPS) is 12.4. The zero-order valence-electron chi connectivity index (χ0n) is 10.2. The number of hydrogen-bond donors (Lipinski definition) is 1. The van der Waals surface area contributed by atoms with Crippen molar-refractivity contribution in [2.75, 3.05) is 13.2 Å². The number of rotatable bonds is 5. The minimum Gasteiger partial charge on any atom is -0.493 e. The highest BCUT2D eigenvalue weighted by Crippen LogP contribution is 2.20. The van der Waals surface area contributed by atoms with Crippen molar-refractivity contribution in [2.45, 2.75) is 12.8 Å². The Kier molecular flexibility index (Phi) is 3.99. The molecule has 96 valence electrons. The second-order valence-corrected chi connectivity index (χ2v) is 4.15. The molecule has 0 saturated carbocycles. The molecule has 0 amide bonds. The van der Waals surface area contributed by atoms with Gasteiger partial charge in [0.05, 0.1) is 12.5 Å². The van der Waals surface area contributed by atoms with Crippen molar-refractivity contribution in [1.29, 1.82) is 0 Å². The molecule has 1 atom stereocenters. The summed E-state index contributed by atoms with van der Waals surface area (Å²) in [5, 5.41) is 0. The summed E-state index contributed by atoms with van der Waals surface area (Å²) in [7, 11) is 0. The first-order valence-electron chi connectivity index (χ1n) is 5.84. The van der Waals surface area contributed by atoms with E-state index in [0.29, 0.717) is 18.9 Å². The average molecular weight is 249 g/mol. The predicted octanol–water partition coefficient (Wildman–Crippen LogP) is 2.85. The number of hydrogen-bond acceptors (Lipinski definition) is 3. The standard InChI is InChI=1S/C14H16FNO2/c1-10-5-6-14(18-10)11(8-16)9-17-13-4-2-3-12(15)7-13/h2-7,11H,8-9,16H2,1H3. The molecular weight excluding hydrogens is 233 g/mol. The molecule has 2 N–H and O–H groups in total. The fourth-order valence-corrected chi connectivity index (χ4v) is 1.69. The van der Waals surface area contributed by atoms with Gasteiger partial charge in [-0.25, -0.2) is 4.39 Å². The molecule has 0 aliphatic carbocycles. The Morgan fingerprint density at radius 2 is 2.17 bits per heavy atom. The summed E-state index contributed by atoms with van der Waals surface area (Å²) in [5.74, 6) is 1.80. The van der Waals surface area contributed by atoms with Crippen molar-refractivity contribution in [3.63, 3.8) is 0 Å². The van der Waals surface area contributed by atoms with E-state index in [1.807, 2.05) is 19.1 Å². The van der Waals surface area contributed by atoms with Crippen molar-refractivity contribution in [3.8, 4) is 5.75 Å². The van der Waals surface area contributed by atoms with Gasteiger partial charge in [-0.05, 0) is 31.2 Å². The van der Waals surface area contributed by atoms with Crippen LogP contribution >= 0.6 is 0 Å². The molecule has 0 radical (unpaired) electrons. The molecule has 3 nitrogen and oxygen atoms in total. The van der Waals surface area contributed by atoms with Gasteiger partial charge in [0.1, 0.15) is 23.1 Å². The van der Waals surface area contributed by atoms with Gasteiger partial charge in [-0.2, -0.15) is 0 Å². The second-order valence-electron chi connectivity index (χ2n) is 4.15. The van der Waals surface area contributed by atoms with Crippen LogP contribution in [0.1, 0.15) is 17.4 Å². The first-order valence-corrected chi connectivity index (χ1v) is 5.84. The number of aryl methyl sites for hydroxylation is 1. The van der Waals surface area contributed by atoms with Crippen LogP contribution in [-0.4, -0.2) is 13.2 Å². The van der Waals surface area contributed by atoms with E-state index in [9.17, 15) is 4.39 Å². The third-order valence-electron chi connectivity index (χ3n) is 2.70. The van der Waals surface area contributed by atoms with Crippen LogP contribution in [0.3, 0.4) is 0 Å². The van der Waals surface area contributed by atoms with Gasteiger partial charge in [-0.15, -0.1) is 0 Å². The Labute approximate surface area is 105 Å². The number of nitrogens with two attached hydrogens (primary N) is 1. The molecule has 1 aromatic heterocycles. The molecule has 0 fully saturated rings. The molecule has 1 unspecified atom stereocenters. The maximum absolute atomic E-state index is 13.0. The smallest absolute Gasteiger partial charge is 0.126 e. The average Bonchev–Trinajstić information content (AvgIpc) is 2.77. The Morgan fingerprint density at radius 3 is 2.78 bits per heavy atom. The van der Waals surface area contributed by atoms with Crippen molar-refractivity contribution in [2.24, 2.45) is 5.73 Å². The van der Waals surface area contributed by atoms with Gasteiger partial charge < -0.3 is 14.9 Å². The van der Waals surface area contributed by atoms with E-state index in [2.05, 4.69) is 0 Å². The number of ether oxygens (including phenoxy) is 1. The zero-order chi connectivity index (χ0) is 13.0. The van der Waals surface area contributed by atoms with Gasteiger partial charge in [0, 0.05) is 12.6 Å². The Morgan fingerprint density at radius 1 is 1.33 bits per heavy atom. The second kappa shape index (κ2) is 5.69. The van der Waals surface area contributed by atoms with E-state index in [-0.39, 0.29) is 11.7 Å². The van der Waals surface area contributed by atoms with E-state index in [1.165, 1.54) is 12.1 Å². The fraction of sp³-hybridized carbons (Fsp3) is 0.286. The van der Waals surface area contributed by atoms with Crippen molar-refractivity contribution in [1.82, 2.24) is 0 Å². The van der Waals surface area contributed by atoms with Crippen LogP contribution in [0.2, 0.25) is 0 Å². The summed E-state index contributed by atoms with van der Waals surface area (Å²) >= 11 is 0. The lowest BCUT2D eigenvalue weighted by atomic mass is 10.1.